The first-order valence-corrected chi connectivity index (χ1v) is 10.2. The van der Waals surface area contributed by atoms with Crippen molar-refractivity contribution in [1.82, 2.24) is 0 Å². The molecule has 0 unspecified atom stereocenters. The van der Waals surface area contributed by atoms with Crippen molar-refractivity contribution in [3.05, 3.63) is 59.3 Å². The van der Waals surface area contributed by atoms with E-state index in [9.17, 15) is 9.59 Å². The highest BCUT2D eigenvalue weighted by molar-refractivity contribution is 6.11. The summed E-state index contributed by atoms with van der Waals surface area (Å²) < 4.78 is 15.9. The summed E-state index contributed by atoms with van der Waals surface area (Å²) in [5.41, 5.74) is 3.84. The highest BCUT2D eigenvalue weighted by atomic mass is 16.5. The van der Waals surface area contributed by atoms with Gasteiger partial charge in [0.2, 0.25) is 0 Å². The number of para-hydroxylation sites is 2. The van der Waals surface area contributed by atoms with E-state index in [4.69, 9.17) is 14.2 Å². The van der Waals surface area contributed by atoms with Crippen molar-refractivity contribution in [1.29, 1.82) is 0 Å². The Morgan fingerprint density at radius 2 is 1.77 bits per heavy atom. The Bertz CT molecular complexity index is 1060. The molecule has 0 amide bonds. The summed E-state index contributed by atoms with van der Waals surface area (Å²) in [6.45, 7) is 1.90. The van der Waals surface area contributed by atoms with E-state index in [2.05, 4.69) is 10.6 Å². The zero-order valence-corrected chi connectivity index (χ0v) is 18.0. The standard InChI is InChI=1S/C24H26N2O5/c1-13-11-18-21(23(27)20(13)24(28)31-4)22(26-17-8-6-5-7-16(17)25-18)15-10-9-14(29-2)12-19(15)30-3/h5-10,12-13,20,22,25-26H,11H2,1-4H3/t13-,20-,22-/m0/s1. The van der Waals surface area contributed by atoms with Crippen LogP contribution in [0.25, 0.3) is 0 Å². The van der Waals surface area contributed by atoms with Gasteiger partial charge in [-0.1, -0.05) is 19.1 Å². The molecule has 2 aliphatic rings. The molecular formula is C24H26N2O5. The molecule has 0 radical (unpaired) electrons. The third-order valence-corrected chi connectivity index (χ3v) is 5.98. The summed E-state index contributed by atoms with van der Waals surface area (Å²) in [4.78, 5) is 26.1. The third-order valence-electron chi connectivity index (χ3n) is 5.98. The molecule has 1 heterocycles. The van der Waals surface area contributed by atoms with Gasteiger partial charge >= 0.3 is 5.97 Å². The number of nitrogens with one attached hydrogen (secondary N) is 2. The van der Waals surface area contributed by atoms with Crippen molar-refractivity contribution in [2.75, 3.05) is 32.0 Å². The van der Waals surface area contributed by atoms with Crippen LogP contribution in [0.4, 0.5) is 11.4 Å². The van der Waals surface area contributed by atoms with Crippen LogP contribution in [0.2, 0.25) is 0 Å². The Balaban J connectivity index is 1.90. The van der Waals surface area contributed by atoms with Gasteiger partial charge in [-0.25, -0.2) is 0 Å². The Morgan fingerprint density at radius 3 is 2.45 bits per heavy atom. The molecular weight excluding hydrogens is 396 g/mol. The summed E-state index contributed by atoms with van der Waals surface area (Å²) in [6, 6.07) is 12.8. The first-order chi connectivity index (χ1) is 15.0. The highest BCUT2D eigenvalue weighted by Crippen LogP contribution is 2.45. The van der Waals surface area contributed by atoms with Gasteiger partial charge in [-0.05, 0) is 36.6 Å². The van der Waals surface area contributed by atoms with Crippen LogP contribution in [0, 0.1) is 11.8 Å². The fraction of sp³-hybridized carbons (Fsp3) is 0.333. The number of methoxy groups -OCH3 is 3. The molecule has 1 aliphatic heterocycles. The van der Waals surface area contributed by atoms with Gasteiger partial charge in [-0.2, -0.15) is 0 Å². The lowest BCUT2D eigenvalue weighted by atomic mass is 9.74. The smallest absolute Gasteiger partial charge is 0.316 e. The lowest BCUT2D eigenvalue weighted by Crippen LogP contribution is -2.39. The van der Waals surface area contributed by atoms with Crippen molar-refractivity contribution in [3.63, 3.8) is 0 Å². The molecule has 7 nitrogen and oxygen atoms in total. The van der Waals surface area contributed by atoms with Gasteiger partial charge in [0, 0.05) is 22.9 Å². The van der Waals surface area contributed by atoms with Gasteiger partial charge in [0.05, 0.1) is 38.7 Å². The zero-order chi connectivity index (χ0) is 22.1. The summed E-state index contributed by atoms with van der Waals surface area (Å²) >= 11 is 0. The number of carbonyl (C=O) groups is 2. The number of fused-ring (bicyclic) bond motifs is 1. The zero-order valence-electron chi connectivity index (χ0n) is 18.0. The molecule has 0 aromatic heterocycles. The van der Waals surface area contributed by atoms with E-state index >= 15 is 0 Å². The van der Waals surface area contributed by atoms with Crippen LogP contribution in [-0.2, 0) is 14.3 Å². The van der Waals surface area contributed by atoms with Gasteiger partial charge in [-0.3, -0.25) is 9.59 Å². The number of benzene rings is 2. The molecule has 162 valence electrons. The number of ether oxygens (including phenoxy) is 3. The minimum absolute atomic E-state index is 0.185. The predicted molar refractivity (Wildman–Crippen MR) is 117 cm³/mol. The lowest BCUT2D eigenvalue weighted by molar-refractivity contribution is -0.151. The van der Waals surface area contributed by atoms with Crippen molar-refractivity contribution >= 4 is 23.1 Å². The average molecular weight is 422 g/mol. The number of hydrogen-bond donors (Lipinski definition) is 2. The number of hydrogen-bond acceptors (Lipinski definition) is 7. The van der Waals surface area contributed by atoms with E-state index < -0.39 is 17.9 Å². The van der Waals surface area contributed by atoms with Gasteiger partial charge in [0.15, 0.2) is 5.78 Å². The van der Waals surface area contributed by atoms with E-state index in [-0.39, 0.29) is 11.7 Å². The lowest BCUT2D eigenvalue weighted by Gasteiger charge is -2.32. The van der Waals surface area contributed by atoms with Crippen molar-refractivity contribution in [3.8, 4) is 11.5 Å². The number of allylic oxidation sites excluding steroid dienone is 1. The molecule has 0 fully saturated rings. The molecule has 7 heteroatoms. The Morgan fingerprint density at radius 1 is 1.03 bits per heavy atom. The van der Waals surface area contributed by atoms with E-state index in [0.29, 0.717) is 23.5 Å². The summed E-state index contributed by atoms with van der Waals surface area (Å²) in [5.74, 6) is -0.542. The Labute approximate surface area is 181 Å². The van der Waals surface area contributed by atoms with E-state index in [0.717, 1.165) is 22.6 Å². The first-order valence-electron chi connectivity index (χ1n) is 10.2. The Kier molecular flexibility index (Phi) is 5.59. The molecule has 1 aliphatic carbocycles. The number of rotatable bonds is 4. The maximum atomic E-state index is 13.7. The van der Waals surface area contributed by atoms with Crippen molar-refractivity contribution < 1.29 is 23.8 Å². The molecule has 31 heavy (non-hydrogen) atoms. The summed E-state index contributed by atoms with van der Waals surface area (Å²) in [7, 11) is 4.49. The topological polar surface area (TPSA) is 85.9 Å². The molecule has 2 aromatic rings. The van der Waals surface area contributed by atoms with E-state index in [1.807, 2.05) is 43.3 Å². The van der Waals surface area contributed by atoms with Crippen molar-refractivity contribution in [2.45, 2.75) is 19.4 Å². The molecule has 4 rings (SSSR count). The molecule has 2 N–H and O–H groups in total. The Hall–Kier alpha value is -3.48. The van der Waals surface area contributed by atoms with Crippen molar-refractivity contribution in [2.24, 2.45) is 11.8 Å². The molecule has 0 spiro atoms. The van der Waals surface area contributed by atoms with Crippen LogP contribution >= 0.6 is 0 Å². The fourth-order valence-corrected chi connectivity index (χ4v) is 4.42. The van der Waals surface area contributed by atoms with Crippen LogP contribution < -0.4 is 20.1 Å². The maximum Gasteiger partial charge on any atom is 0.316 e. The first kappa shape index (κ1) is 20.8. The second-order valence-electron chi connectivity index (χ2n) is 7.79. The SMILES string of the molecule is COC(=O)[C@@H]1C(=O)C2=C(C[C@@H]1C)Nc1ccccc1N[C@H]2c1ccc(OC)cc1OC. The highest BCUT2D eigenvalue weighted by Gasteiger charge is 2.44. The normalized spacial score (nSPS) is 22.3. The predicted octanol–water partition coefficient (Wildman–Crippen LogP) is 3.93. The maximum absolute atomic E-state index is 13.7. The number of anilines is 2. The van der Waals surface area contributed by atoms with Crippen LogP contribution in [0.1, 0.15) is 24.9 Å². The largest absolute Gasteiger partial charge is 0.497 e. The molecule has 3 atom stereocenters. The molecule has 0 saturated heterocycles. The third kappa shape index (κ3) is 3.60. The number of Topliss-reactive ketones (excluding diaryl/α,β-unsaturated/α-hetero) is 1. The molecule has 0 bridgehead atoms. The molecule has 0 saturated carbocycles. The monoisotopic (exact) mass is 422 g/mol. The second-order valence-corrected chi connectivity index (χ2v) is 7.79. The van der Waals surface area contributed by atoms with Gasteiger partial charge in [-0.15, -0.1) is 0 Å². The minimum Gasteiger partial charge on any atom is -0.497 e. The van der Waals surface area contributed by atoms with Crippen LogP contribution in [0.15, 0.2) is 53.7 Å². The van der Waals surface area contributed by atoms with Crippen LogP contribution in [0.5, 0.6) is 11.5 Å². The van der Waals surface area contributed by atoms with Gasteiger partial charge in [0.25, 0.3) is 0 Å². The second kappa shape index (κ2) is 8.34. The van der Waals surface area contributed by atoms with Gasteiger partial charge < -0.3 is 24.8 Å². The summed E-state index contributed by atoms with van der Waals surface area (Å²) in [5, 5.41) is 6.93. The number of esters is 1. The number of carbonyl (C=O) groups excluding carboxylic acids is 2. The van der Waals surface area contributed by atoms with Gasteiger partial charge in [0.1, 0.15) is 17.4 Å². The van der Waals surface area contributed by atoms with Crippen LogP contribution in [-0.4, -0.2) is 33.1 Å². The quantitative estimate of drug-likeness (QED) is 0.570. The number of ketones is 1. The van der Waals surface area contributed by atoms with E-state index in [1.165, 1.54) is 7.11 Å². The van der Waals surface area contributed by atoms with Crippen LogP contribution in [0.3, 0.4) is 0 Å². The van der Waals surface area contributed by atoms with E-state index in [1.54, 1.807) is 20.3 Å². The molecule has 2 aromatic carbocycles. The minimum atomic E-state index is -0.847. The average Bonchev–Trinajstić information content (AvgIpc) is 2.94. The summed E-state index contributed by atoms with van der Waals surface area (Å²) in [6.07, 6.45) is 0.547. The fourth-order valence-electron chi connectivity index (χ4n) is 4.42.